The summed E-state index contributed by atoms with van der Waals surface area (Å²) in [6.45, 7) is 3.61. The van der Waals surface area contributed by atoms with Gasteiger partial charge in [0.05, 0.1) is 23.7 Å². The number of para-hydroxylation sites is 2. The molecule has 3 aromatic carbocycles. The monoisotopic (exact) mass is 472 g/mol. The van der Waals surface area contributed by atoms with Crippen LogP contribution in [-0.2, 0) is 10.0 Å². The zero-order valence-electron chi connectivity index (χ0n) is 18.3. The first-order valence-corrected chi connectivity index (χ1v) is 11.8. The number of hydrogen-bond acceptors (Lipinski definition) is 4. The second-order valence-corrected chi connectivity index (χ2v) is 9.78. The third-order valence-corrected chi connectivity index (χ3v) is 7.24. The standard InChI is InChI=1S/C24H25ClN2O4S/c1-16-12-13-20(32(29,30)27(3)22-10-5-6-11-23(22)31-4)15-21(16)24(28)26-17(2)18-8-7-9-19(25)14-18/h5-15,17H,1-4H3,(H,26,28). The number of nitrogens with one attached hydrogen (secondary N) is 1. The van der Waals surface area contributed by atoms with E-state index in [4.69, 9.17) is 16.3 Å². The van der Waals surface area contributed by atoms with E-state index >= 15 is 0 Å². The van der Waals surface area contributed by atoms with Crippen LogP contribution in [0.3, 0.4) is 0 Å². The number of aryl methyl sites for hydroxylation is 1. The van der Waals surface area contributed by atoms with Gasteiger partial charge in [-0.25, -0.2) is 8.42 Å². The van der Waals surface area contributed by atoms with Gasteiger partial charge >= 0.3 is 0 Å². The zero-order valence-corrected chi connectivity index (χ0v) is 19.9. The summed E-state index contributed by atoms with van der Waals surface area (Å²) in [4.78, 5) is 13.0. The zero-order chi connectivity index (χ0) is 23.5. The van der Waals surface area contributed by atoms with Gasteiger partial charge in [-0.3, -0.25) is 9.10 Å². The average Bonchev–Trinajstić information content (AvgIpc) is 2.78. The summed E-state index contributed by atoms with van der Waals surface area (Å²) in [5.74, 6) is 0.0611. The summed E-state index contributed by atoms with van der Waals surface area (Å²) in [5.41, 5.74) is 2.20. The van der Waals surface area contributed by atoms with E-state index in [1.807, 2.05) is 19.1 Å². The van der Waals surface area contributed by atoms with Gasteiger partial charge in [-0.05, 0) is 61.4 Å². The maximum absolute atomic E-state index is 13.3. The van der Waals surface area contributed by atoms with E-state index in [0.29, 0.717) is 22.0 Å². The SMILES string of the molecule is COc1ccccc1N(C)S(=O)(=O)c1ccc(C)c(C(=O)NC(C)c2cccc(Cl)c2)c1. The molecule has 0 radical (unpaired) electrons. The van der Waals surface area contributed by atoms with Crippen LogP contribution < -0.4 is 14.4 Å². The molecule has 0 spiro atoms. The highest BCUT2D eigenvalue weighted by Crippen LogP contribution is 2.31. The Bertz CT molecular complexity index is 1240. The lowest BCUT2D eigenvalue weighted by Crippen LogP contribution is -2.29. The molecule has 168 valence electrons. The van der Waals surface area contributed by atoms with Gasteiger partial charge in [-0.15, -0.1) is 0 Å². The molecule has 6 nitrogen and oxygen atoms in total. The smallest absolute Gasteiger partial charge is 0.264 e. The van der Waals surface area contributed by atoms with Crippen LogP contribution in [0.15, 0.2) is 71.6 Å². The van der Waals surface area contributed by atoms with Crippen LogP contribution in [0.1, 0.15) is 34.5 Å². The number of nitrogens with zero attached hydrogens (tertiary/aromatic N) is 1. The molecule has 1 unspecified atom stereocenters. The molecule has 0 fully saturated rings. The molecule has 0 bridgehead atoms. The molecular formula is C24H25ClN2O4S. The highest BCUT2D eigenvalue weighted by Gasteiger charge is 2.25. The van der Waals surface area contributed by atoms with E-state index in [9.17, 15) is 13.2 Å². The molecular weight excluding hydrogens is 448 g/mol. The first-order chi connectivity index (χ1) is 15.1. The van der Waals surface area contributed by atoms with Crippen molar-refractivity contribution in [3.05, 3.63) is 88.4 Å². The maximum atomic E-state index is 13.3. The van der Waals surface area contributed by atoms with Gasteiger partial charge in [0.2, 0.25) is 0 Å². The van der Waals surface area contributed by atoms with Crippen LogP contribution in [0, 0.1) is 6.92 Å². The van der Waals surface area contributed by atoms with Crippen LogP contribution in [0.2, 0.25) is 5.02 Å². The number of carbonyl (C=O) groups excluding carboxylic acids is 1. The number of carbonyl (C=O) groups is 1. The summed E-state index contributed by atoms with van der Waals surface area (Å²) in [6.07, 6.45) is 0. The Labute approximate surface area is 193 Å². The Morgan fingerprint density at radius 2 is 1.78 bits per heavy atom. The molecule has 32 heavy (non-hydrogen) atoms. The van der Waals surface area contributed by atoms with Crippen molar-refractivity contribution in [2.45, 2.75) is 24.8 Å². The molecule has 0 aliphatic rings. The minimum Gasteiger partial charge on any atom is -0.495 e. The molecule has 1 amide bonds. The number of methoxy groups -OCH3 is 1. The summed E-state index contributed by atoms with van der Waals surface area (Å²) in [7, 11) is -0.995. The van der Waals surface area contributed by atoms with Crippen molar-refractivity contribution in [2.24, 2.45) is 0 Å². The summed E-state index contributed by atoms with van der Waals surface area (Å²) in [6, 6.07) is 18.3. The van der Waals surface area contributed by atoms with Crippen molar-refractivity contribution in [1.82, 2.24) is 5.32 Å². The van der Waals surface area contributed by atoms with Crippen molar-refractivity contribution >= 4 is 33.2 Å². The fourth-order valence-electron chi connectivity index (χ4n) is 3.32. The van der Waals surface area contributed by atoms with E-state index in [1.165, 1.54) is 26.3 Å². The molecule has 0 saturated heterocycles. The van der Waals surface area contributed by atoms with Crippen LogP contribution in [-0.4, -0.2) is 28.5 Å². The van der Waals surface area contributed by atoms with Crippen molar-refractivity contribution in [2.75, 3.05) is 18.5 Å². The number of halogens is 1. The van der Waals surface area contributed by atoms with E-state index in [1.54, 1.807) is 49.4 Å². The Balaban J connectivity index is 1.91. The molecule has 1 atom stereocenters. The van der Waals surface area contributed by atoms with Crippen LogP contribution >= 0.6 is 11.6 Å². The normalized spacial score (nSPS) is 12.2. The number of rotatable bonds is 7. The molecule has 0 aromatic heterocycles. The first-order valence-electron chi connectivity index (χ1n) is 9.94. The minimum atomic E-state index is -3.93. The third kappa shape index (κ3) is 4.89. The Morgan fingerprint density at radius 1 is 1.06 bits per heavy atom. The largest absolute Gasteiger partial charge is 0.495 e. The van der Waals surface area contributed by atoms with E-state index in [0.717, 1.165) is 9.87 Å². The maximum Gasteiger partial charge on any atom is 0.264 e. The molecule has 0 aliphatic carbocycles. The predicted molar refractivity (Wildman–Crippen MR) is 127 cm³/mol. The third-order valence-electron chi connectivity index (χ3n) is 5.23. The van der Waals surface area contributed by atoms with Crippen LogP contribution in [0.5, 0.6) is 5.75 Å². The van der Waals surface area contributed by atoms with E-state index in [2.05, 4.69) is 5.32 Å². The molecule has 0 saturated carbocycles. The highest BCUT2D eigenvalue weighted by molar-refractivity contribution is 7.92. The molecule has 0 aliphatic heterocycles. The lowest BCUT2D eigenvalue weighted by Gasteiger charge is -2.22. The number of benzene rings is 3. The average molecular weight is 473 g/mol. The quantitative estimate of drug-likeness (QED) is 0.526. The number of sulfonamides is 1. The lowest BCUT2D eigenvalue weighted by atomic mass is 10.1. The fraction of sp³-hybridized carbons (Fsp3) is 0.208. The summed E-state index contributed by atoms with van der Waals surface area (Å²) < 4.78 is 33.0. The number of amides is 1. The van der Waals surface area contributed by atoms with Crippen molar-refractivity contribution in [3.63, 3.8) is 0 Å². The van der Waals surface area contributed by atoms with Crippen molar-refractivity contribution in [3.8, 4) is 5.75 Å². The van der Waals surface area contributed by atoms with Gasteiger partial charge in [0.25, 0.3) is 15.9 Å². The van der Waals surface area contributed by atoms with Crippen molar-refractivity contribution in [1.29, 1.82) is 0 Å². The number of ether oxygens (including phenoxy) is 1. The highest BCUT2D eigenvalue weighted by atomic mass is 35.5. The van der Waals surface area contributed by atoms with Gasteiger partial charge in [-0.1, -0.05) is 41.9 Å². The van der Waals surface area contributed by atoms with Crippen LogP contribution in [0.25, 0.3) is 0 Å². The first kappa shape index (κ1) is 23.6. The minimum absolute atomic E-state index is 0.0112. The summed E-state index contributed by atoms with van der Waals surface area (Å²) in [5, 5.41) is 3.49. The topological polar surface area (TPSA) is 75.7 Å². The second-order valence-electron chi connectivity index (χ2n) is 7.37. The fourth-order valence-corrected chi connectivity index (χ4v) is 4.75. The van der Waals surface area contributed by atoms with Gasteiger partial charge in [-0.2, -0.15) is 0 Å². The van der Waals surface area contributed by atoms with Gasteiger partial charge < -0.3 is 10.1 Å². The molecule has 0 heterocycles. The van der Waals surface area contributed by atoms with E-state index < -0.39 is 10.0 Å². The van der Waals surface area contributed by atoms with Gasteiger partial charge in [0, 0.05) is 17.6 Å². The Hall–Kier alpha value is -3.03. The van der Waals surface area contributed by atoms with Crippen molar-refractivity contribution < 1.29 is 17.9 Å². The van der Waals surface area contributed by atoms with Gasteiger partial charge in [0.15, 0.2) is 0 Å². The van der Waals surface area contributed by atoms with Crippen LogP contribution in [0.4, 0.5) is 5.69 Å². The summed E-state index contributed by atoms with van der Waals surface area (Å²) >= 11 is 6.05. The van der Waals surface area contributed by atoms with E-state index in [-0.39, 0.29) is 22.4 Å². The van der Waals surface area contributed by atoms with Gasteiger partial charge in [0.1, 0.15) is 5.75 Å². The molecule has 3 rings (SSSR count). The molecule has 1 N–H and O–H groups in total. The predicted octanol–water partition coefficient (Wildman–Crippen LogP) is 4.97. The number of anilines is 1. The second kappa shape index (κ2) is 9.63. The molecule has 8 heteroatoms. The lowest BCUT2D eigenvalue weighted by molar-refractivity contribution is 0.0939. The number of hydrogen-bond donors (Lipinski definition) is 1. The Morgan fingerprint density at radius 3 is 2.47 bits per heavy atom. The Kier molecular flexibility index (Phi) is 7.11. The molecule has 3 aromatic rings.